The van der Waals surface area contributed by atoms with Gasteiger partial charge in [0.1, 0.15) is 6.07 Å². The zero-order valence-electron chi connectivity index (χ0n) is 18.9. The highest BCUT2D eigenvalue weighted by atomic mass is 35.5. The summed E-state index contributed by atoms with van der Waals surface area (Å²) in [5.41, 5.74) is 14.4. The number of anilines is 2. The summed E-state index contributed by atoms with van der Waals surface area (Å²) in [5, 5.41) is 18.1. The van der Waals surface area contributed by atoms with Gasteiger partial charge in [-0.25, -0.2) is 0 Å². The first-order valence-corrected chi connectivity index (χ1v) is 11.5. The van der Waals surface area contributed by atoms with Gasteiger partial charge < -0.3 is 21.5 Å². The molecule has 0 amide bonds. The number of aromatic nitrogens is 2. The Morgan fingerprint density at radius 1 is 1.03 bits per heavy atom. The summed E-state index contributed by atoms with van der Waals surface area (Å²) >= 11 is 6.69. The molecule has 2 atom stereocenters. The molecule has 5 N–H and O–H groups in total. The second-order valence-corrected chi connectivity index (χ2v) is 8.55. The van der Waals surface area contributed by atoms with Crippen molar-refractivity contribution in [3.05, 3.63) is 107 Å². The molecule has 0 fully saturated rings. The number of benzene rings is 2. The highest BCUT2D eigenvalue weighted by Crippen LogP contribution is 2.36. The summed E-state index contributed by atoms with van der Waals surface area (Å²) in [4.78, 5) is 8.74. The number of hydrogen-bond acceptors (Lipinski definition) is 8. The molecule has 5 rings (SSSR count). The van der Waals surface area contributed by atoms with E-state index in [0.717, 1.165) is 27.9 Å². The first-order valence-electron chi connectivity index (χ1n) is 11.1. The van der Waals surface area contributed by atoms with Crippen molar-refractivity contribution in [3.63, 3.8) is 0 Å². The van der Waals surface area contributed by atoms with E-state index in [4.69, 9.17) is 11.6 Å². The van der Waals surface area contributed by atoms with E-state index < -0.39 is 0 Å². The molecule has 1 aliphatic rings. The molecule has 174 valence electrons. The summed E-state index contributed by atoms with van der Waals surface area (Å²) in [6, 6.07) is 19.8. The number of rotatable bonds is 7. The zero-order valence-corrected chi connectivity index (χ0v) is 19.6. The molecule has 0 saturated heterocycles. The second-order valence-electron chi connectivity index (χ2n) is 8.15. The van der Waals surface area contributed by atoms with Gasteiger partial charge in [-0.3, -0.25) is 9.97 Å². The maximum absolute atomic E-state index is 9.82. The molecule has 0 bridgehead atoms. The van der Waals surface area contributed by atoms with Gasteiger partial charge in [0, 0.05) is 41.9 Å². The van der Waals surface area contributed by atoms with Crippen LogP contribution >= 0.6 is 11.6 Å². The number of hydrazine groups is 2. The van der Waals surface area contributed by atoms with E-state index in [1.165, 1.54) is 0 Å². The minimum Gasteiger partial charge on any atom is -0.377 e. The molecule has 8 nitrogen and oxygen atoms in total. The third-order valence-electron chi connectivity index (χ3n) is 5.85. The van der Waals surface area contributed by atoms with Crippen LogP contribution < -0.4 is 27.0 Å². The first kappa shape index (κ1) is 22.5. The van der Waals surface area contributed by atoms with Gasteiger partial charge >= 0.3 is 0 Å². The number of fused-ring (bicyclic) bond motifs is 1. The topological polar surface area (TPSA) is 110 Å². The average Bonchev–Trinajstić information content (AvgIpc) is 3.43. The molecule has 9 heteroatoms. The molecule has 0 saturated carbocycles. The van der Waals surface area contributed by atoms with Gasteiger partial charge in [0.25, 0.3) is 0 Å². The van der Waals surface area contributed by atoms with Crippen LogP contribution in [0.1, 0.15) is 35.7 Å². The maximum atomic E-state index is 9.82. The molecule has 4 aromatic rings. The Bertz CT molecular complexity index is 1420. The van der Waals surface area contributed by atoms with Crippen molar-refractivity contribution >= 4 is 33.9 Å². The summed E-state index contributed by atoms with van der Waals surface area (Å²) < 4.78 is 0. The Kier molecular flexibility index (Phi) is 6.35. The molecular formula is C26H23ClN8. The number of nitrogens with zero attached hydrogens (tertiary/aromatic N) is 3. The van der Waals surface area contributed by atoms with Crippen LogP contribution in [-0.4, -0.2) is 9.97 Å². The average molecular weight is 483 g/mol. The van der Waals surface area contributed by atoms with E-state index in [-0.39, 0.29) is 12.1 Å². The van der Waals surface area contributed by atoms with Crippen molar-refractivity contribution in [1.82, 2.24) is 26.4 Å². The van der Waals surface area contributed by atoms with E-state index in [1.54, 1.807) is 12.4 Å². The molecule has 0 spiro atoms. The molecular weight excluding hydrogens is 460 g/mol. The molecule has 35 heavy (non-hydrogen) atoms. The maximum Gasteiger partial charge on any atom is 0.103 e. The van der Waals surface area contributed by atoms with Crippen molar-refractivity contribution in [1.29, 1.82) is 5.26 Å². The highest BCUT2D eigenvalue weighted by molar-refractivity contribution is 6.35. The standard InChI is InChI=1S/C26H23ClN8/c1-16(17-6-3-2-4-7-17)32-24-19(12-28)14-30-26-21(24)10-20(11-22(26)27)33-25(23-15-31-35-34-23)18-8-5-9-29-13-18/h2-11,13-16,25,31,33-35H,1H3,(H,30,32)/t16-,25+/m1/s1. The molecule has 1 aliphatic heterocycles. The molecule has 0 aliphatic carbocycles. The Hall–Kier alpha value is -4.32. The molecule has 0 radical (unpaired) electrons. The Labute approximate surface area is 208 Å². The minimum absolute atomic E-state index is 0.0302. The summed E-state index contributed by atoms with van der Waals surface area (Å²) in [5.74, 6) is 0. The van der Waals surface area contributed by atoms with Crippen molar-refractivity contribution in [2.75, 3.05) is 10.6 Å². The predicted molar refractivity (Wildman–Crippen MR) is 138 cm³/mol. The van der Waals surface area contributed by atoms with Gasteiger partial charge in [0.05, 0.1) is 33.5 Å². The Morgan fingerprint density at radius 2 is 1.86 bits per heavy atom. The minimum atomic E-state index is -0.230. The van der Waals surface area contributed by atoms with Gasteiger partial charge in [-0.2, -0.15) is 10.8 Å². The van der Waals surface area contributed by atoms with Gasteiger partial charge in [-0.1, -0.05) is 48.0 Å². The van der Waals surface area contributed by atoms with Crippen molar-refractivity contribution in [2.24, 2.45) is 0 Å². The summed E-state index contributed by atoms with van der Waals surface area (Å²) in [6.45, 7) is 2.06. The third-order valence-corrected chi connectivity index (χ3v) is 6.14. The van der Waals surface area contributed by atoms with Crippen LogP contribution in [0.15, 0.2) is 85.1 Å². The van der Waals surface area contributed by atoms with Crippen LogP contribution in [0, 0.1) is 11.3 Å². The second kappa shape index (κ2) is 9.89. The van der Waals surface area contributed by atoms with E-state index in [9.17, 15) is 5.26 Å². The zero-order chi connectivity index (χ0) is 24.2. The lowest BCUT2D eigenvalue weighted by Gasteiger charge is -2.23. The van der Waals surface area contributed by atoms with E-state index in [1.807, 2.05) is 54.9 Å². The van der Waals surface area contributed by atoms with Gasteiger partial charge in [0.15, 0.2) is 0 Å². The number of nitrogens with one attached hydrogen (secondary N) is 5. The highest BCUT2D eigenvalue weighted by Gasteiger charge is 2.21. The van der Waals surface area contributed by atoms with E-state index in [0.29, 0.717) is 21.8 Å². The van der Waals surface area contributed by atoms with Crippen molar-refractivity contribution in [3.8, 4) is 6.07 Å². The predicted octanol–water partition coefficient (Wildman–Crippen LogP) is 4.93. The van der Waals surface area contributed by atoms with Crippen molar-refractivity contribution in [2.45, 2.75) is 19.0 Å². The lowest BCUT2D eigenvalue weighted by Crippen LogP contribution is -2.33. The lowest BCUT2D eigenvalue weighted by molar-refractivity contribution is 0.583. The fourth-order valence-electron chi connectivity index (χ4n) is 4.09. The van der Waals surface area contributed by atoms with E-state index in [2.05, 4.69) is 62.1 Å². The summed E-state index contributed by atoms with van der Waals surface area (Å²) in [7, 11) is 0. The third kappa shape index (κ3) is 4.68. The monoisotopic (exact) mass is 482 g/mol. The van der Waals surface area contributed by atoms with Crippen LogP contribution in [0.2, 0.25) is 5.02 Å². The first-order chi connectivity index (χ1) is 17.1. The quantitative estimate of drug-likeness (QED) is 0.252. The largest absolute Gasteiger partial charge is 0.377 e. The van der Waals surface area contributed by atoms with Crippen LogP contribution in [-0.2, 0) is 0 Å². The number of pyridine rings is 2. The number of halogens is 1. The molecule has 2 aromatic heterocycles. The lowest BCUT2D eigenvalue weighted by atomic mass is 10.0. The van der Waals surface area contributed by atoms with Crippen LogP contribution in [0.25, 0.3) is 10.9 Å². The van der Waals surface area contributed by atoms with Crippen LogP contribution in [0.3, 0.4) is 0 Å². The molecule has 2 aromatic carbocycles. The van der Waals surface area contributed by atoms with Gasteiger partial charge in [-0.05, 0) is 36.2 Å². The van der Waals surface area contributed by atoms with Crippen LogP contribution in [0.5, 0.6) is 0 Å². The van der Waals surface area contributed by atoms with E-state index >= 15 is 0 Å². The Balaban J connectivity index is 1.57. The Morgan fingerprint density at radius 3 is 2.57 bits per heavy atom. The molecule has 0 unspecified atom stereocenters. The smallest absolute Gasteiger partial charge is 0.103 e. The SMILES string of the molecule is C[C@@H](Nc1c(C#N)cnc2c(Cl)cc(N[C@H](C3=CNNN3)c3cccnc3)cc12)c1ccccc1. The normalized spacial score (nSPS) is 14.3. The summed E-state index contributed by atoms with van der Waals surface area (Å²) in [6.07, 6.45) is 6.95. The van der Waals surface area contributed by atoms with Gasteiger partial charge in [-0.15, -0.1) is 0 Å². The van der Waals surface area contributed by atoms with Crippen LogP contribution in [0.4, 0.5) is 11.4 Å². The number of hydrogen-bond donors (Lipinski definition) is 5. The number of nitriles is 1. The fourth-order valence-corrected chi connectivity index (χ4v) is 4.36. The van der Waals surface area contributed by atoms with Gasteiger partial charge in [0.2, 0.25) is 0 Å². The molecule has 3 heterocycles. The van der Waals surface area contributed by atoms with Crippen molar-refractivity contribution < 1.29 is 0 Å². The fraction of sp³-hybridized carbons (Fsp3) is 0.115.